The van der Waals surface area contributed by atoms with Gasteiger partial charge in [-0.1, -0.05) is 60.6 Å². The minimum atomic E-state index is -4.04. The summed E-state index contributed by atoms with van der Waals surface area (Å²) in [6.07, 6.45) is 3.07. The topological polar surface area (TPSA) is 52.6 Å². The third-order valence-corrected chi connectivity index (χ3v) is 6.13. The van der Waals surface area contributed by atoms with E-state index in [0.29, 0.717) is 38.2 Å². The molecule has 2 aliphatic rings. The lowest BCUT2D eigenvalue weighted by atomic mass is 9.77. The molecular formula is C19H12Cl2O4S. The van der Waals surface area contributed by atoms with E-state index in [0.717, 1.165) is 0 Å². The van der Waals surface area contributed by atoms with E-state index in [1.165, 1.54) is 6.08 Å². The molecular weight excluding hydrogens is 395 g/mol. The van der Waals surface area contributed by atoms with Crippen molar-refractivity contribution in [3.63, 3.8) is 0 Å². The van der Waals surface area contributed by atoms with Gasteiger partial charge in [0.1, 0.15) is 11.5 Å². The third-order valence-electron chi connectivity index (χ3n) is 4.37. The number of hydrogen-bond acceptors (Lipinski definition) is 4. The van der Waals surface area contributed by atoms with Crippen LogP contribution in [0.15, 0.2) is 72.2 Å². The molecule has 26 heavy (non-hydrogen) atoms. The standard InChI is InChI=1S/C19H12Cl2O4S/c1-3-4-14-11(2)26(22,23)25-19(14)15-7-5-12(20)9-17(15)24-18-10-13(21)6-8-16(18)19/h3-10H,1-2H2/b14-4+. The second kappa shape index (κ2) is 5.72. The maximum absolute atomic E-state index is 12.6. The molecule has 0 unspecified atom stereocenters. The van der Waals surface area contributed by atoms with Crippen molar-refractivity contribution >= 4 is 33.3 Å². The van der Waals surface area contributed by atoms with Gasteiger partial charge in [-0.3, -0.25) is 0 Å². The molecule has 7 heteroatoms. The van der Waals surface area contributed by atoms with Crippen LogP contribution in [0.5, 0.6) is 11.5 Å². The van der Waals surface area contributed by atoms with Gasteiger partial charge in [0.25, 0.3) is 10.1 Å². The second-order valence-electron chi connectivity index (χ2n) is 5.84. The summed E-state index contributed by atoms with van der Waals surface area (Å²) in [5.41, 5.74) is -0.0654. The Morgan fingerprint density at radius 2 is 1.54 bits per heavy atom. The molecule has 0 saturated carbocycles. The van der Waals surface area contributed by atoms with Crippen LogP contribution in [-0.2, 0) is 19.9 Å². The number of allylic oxidation sites excluding steroid dienone is 2. The molecule has 0 aromatic heterocycles. The molecule has 4 rings (SSSR count). The Bertz CT molecular complexity index is 1060. The van der Waals surface area contributed by atoms with Crippen molar-refractivity contribution in [2.75, 3.05) is 0 Å². The molecule has 2 aromatic carbocycles. The highest BCUT2D eigenvalue weighted by molar-refractivity contribution is 7.91. The van der Waals surface area contributed by atoms with Gasteiger partial charge in [-0.15, -0.1) is 0 Å². The van der Waals surface area contributed by atoms with Gasteiger partial charge in [-0.2, -0.15) is 8.42 Å². The smallest absolute Gasteiger partial charge is 0.298 e. The van der Waals surface area contributed by atoms with Gasteiger partial charge in [0, 0.05) is 26.7 Å². The first kappa shape index (κ1) is 17.4. The largest absolute Gasteiger partial charge is 0.456 e. The van der Waals surface area contributed by atoms with Crippen LogP contribution >= 0.6 is 23.2 Å². The summed E-state index contributed by atoms with van der Waals surface area (Å²) in [6, 6.07) is 9.86. The van der Waals surface area contributed by atoms with Gasteiger partial charge < -0.3 is 4.74 Å². The van der Waals surface area contributed by atoms with Crippen molar-refractivity contribution in [2.24, 2.45) is 0 Å². The lowest BCUT2D eigenvalue weighted by Crippen LogP contribution is -2.32. The summed E-state index contributed by atoms with van der Waals surface area (Å²) >= 11 is 12.2. The van der Waals surface area contributed by atoms with Gasteiger partial charge in [0.15, 0.2) is 5.60 Å². The first-order valence-electron chi connectivity index (χ1n) is 7.55. The molecule has 2 aliphatic heterocycles. The minimum Gasteiger partial charge on any atom is -0.456 e. The molecule has 0 aliphatic carbocycles. The molecule has 1 saturated heterocycles. The van der Waals surface area contributed by atoms with Crippen molar-refractivity contribution in [3.8, 4) is 11.5 Å². The highest BCUT2D eigenvalue weighted by Crippen LogP contribution is 2.59. The van der Waals surface area contributed by atoms with Crippen LogP contribution in [-0.4, -0.2) is 8.42 Å². The van der Waals surface area contributed by atoms with E-state index < -0.39 is 15.7 Å². The van der Waals surface area contributed by atoms with Crippen molar-refractivity contribution in [3.05, 3.63) is 93.4 Å². The zero-order valence-corrected chi connectivity index (χ0v) is 15.7. The number of benzene rings is 2. The van der Waals surface area contributed by atoms with Crippen LogP contribution in [0.1, 0.15) is 11.1 Å². The van der Waals surface area contributed by atoms with Gasteiger partial charge in [0.05, 0.1) is 4.91 Å². The van der Waals surface area contributed by atoms with Crippen LogP contribution in [0.4, 0.5) is 0 Å². The van der Waals surface area contributed by atoms with Crippen molar-refractivity contribution < 1.29 is 17.3 Å². The first-order valence-corrected chi connectivity index (χ1v) is 9.72. The summed E-state index contributed by atoms with van der Waals surface area (Å²) < 4.78 is 36.8. The van der Waals surface area contributed by atoms with Crippen molar-refractivity contribution in [2.45, 2.75) is 5.60 Å². The van der Waals surface area contributed by atoms with E-state index in [4.69, 9.17) is 32.1 Å². The summed E-state index contributed by atoms with van der Waals surface area (Å²) in [7, 11) is -4.04. The average Bonchev–Trinajstić information content (AvgIpc) is 2.76. The van der Waals surface area contributed by atoms with Crippen molar-refractivity contribution in [1.82, 2.24) is 0 Å². The van der Waals surface area contributed by atoms with Gasteiger partial charge >= 0.3 is 0 Å². The molecule has 4 nitrogen and oxygen atoms in total. The summed E-state index contributed by atoms with van der Waals surface area (Å²) in [4.78, 5) is -0.124. The van der Waals surface area contributed by atoms with Gasteiger partial charge in [-0.05, 0) is 24.3 Å². The SMILES string of the molecule is C=C/C=C1\C(=C)S(=O)(=O)OC12c1ccc(Cl)cc1Oc1cc(Cl)ccc12. The molecule has 1 spiro atoms. The zero-order valence-electron chi connectivity index (χ0n) is 13.3. The summed E-state index contributed by atoms with van der Waals surface area (Å²) in [5, 5.41) is 0.886. The van der Waals surface area contributed by atoms with Crippen LogP contribution in [0.2, 0.25) is 10.0 Å². The Morgan fingerprint density at radius 1 is 1.00 bits per heavy atom. The molecule has 0 atom stereocenters. The molecule has 0 N–H and O–H groups in total. The summed E-state index contributed by atoms with van der Waals surface area (Å²) in [5.74, 6) is 0.763. The monoisotopic (exact) mass is 406 g/mol. The first-order chi connectivity index (χ1) is 12.3. The van der Waals surface area contributed by atoms with E-state index >= 15 is 0 Å². The van der Waals surface area contributed by atoms with E-state index in [2.05, 4.69) is 13.2 Å². The van der Waals surface area contributed by atoms with Crippen LogP contribution in [0.25, 0.3) is 0 Å². The zero-order chi connectivity index (χ0) is 18.7. The Morgan fingerprint density at radius 3 is 2.04 bits per heavy atom. The molecule has 0 radical (unpaired) electrons. The molecule has 2 heterocycles. The normalized spacial score (nSPS) is 20.5. The fraction of sp³-hybridized carbons (Fsp3) is 0.0526. The number of ether oxygens (including phenoxy) is 1. The maximum Gasteiger partial charge on any atom is 0.298 e. The maximum atomic E-state index is 12.6. The van der Waals surface area contributed by atoms with Crippen LogP contribution in [0.3, 0.4) is 0 Å². The third kappa shape index (κ3) is 2.28. The quantitative estimate of drug-likeness (QED) is 0.600. The minimum absolute atomic E-state index is 0.124. The fourth-order valence-corrected chi connectivity index (χ4v) is 4.81. The van der Waals surface area contributed by atoms with Crippen molar-refractivity contribution in [1.29, 1.82) is 0 Å². The number of hydrogen-bond donors (Lipinski definition) is 0. The Hall–Kier alpha value is -2.05. The van der Waals surface area contributed by atoms with Crippen LogP contribution in [0, 0.1) is 0 Å². The Kier molecular flexibility index (Phi) is 3.82. The second-order valence-corrected chi connectivity index (χ2v) is 8.28. The van der Waals surface area contributed by atoms with Crippen LogP contribution < -0.4 is 4.74 Å². The highest BCUT2D eigenvalue weighted by Gasteiger charge is 2.57. The van der Waals surface area contributed by atoms with Gasteiger partial charge in [-0.25, -0.2) is 4.18 Å². The molecule has 0 bridgehead atoms. The summed E-state index contributed by atoms with van der Waals surface area (Å²) in [6.45, 7) is 7.40. The predicted molar refractivity (Wildman–Crippen MR) is 101 cm³/mol. The highest BCUT2D eigenvalue weighted by atomic mass is 35.5. The molecule has 2 aromatic rings. The molecule has 1 fully saturated rings. The molecule has 0 amide bonds. The average molecular weight is 407 g/mol. The van der Waals surface area contributed by atoms with Gasteiger partial charge in [0.2, 0.25) is 0 Å². The van der Waals surface area contributed by atoms with E-state index in [-0.39, 0.29) is 4.91 Å². The Labute approximate surface area is 161 Å². The van der Waals surface area contributed by atoms with E-state index in [1.54, 1.807) is 42.5 Å². The number of halogens is 2. The Balaban J connectivity index is 2.16. The fourth-order valence-electron chi connectivity index (χ4n) is 3.31. The number of fused-ring (bicyclic) bond motifs is 4. The van der Waals surface area contributed by atoms with E-state index in [9.17, 15) is 8.42 Å². The molecule has 132 valence electrons. The predicted octanol–water partition coefficient (Wildman–Crippen LogP) is 5.33. The van der Waals surface area contributed by atoms with E-state index in [1.807, 2.05) is 0 Å². The lowest BCUT2D eigenvalue weighted by Gasteiger charge is -2.36. The number of rotatable bonds is 1. The lowest BCUT2D eigenvalue weighted by molar-refractivity contribution is 0.165.